The standard InChI is InChI=1S/C8H17NO3/c1-3-6(2)8(12)9-7(4-10)5-11/h6-7,10-11H,3-5H2,1-2H3,(H,9,12). The molecule has 0 aromatic rings. The Kier molecular flexibility index (Phi) is 5.66. The third-order valence-electron chi connectivity index (χ3n) is 1.85. The first-order chi connectivity index (χ1) is 5.65. The van der Waals surface area contributed by atoms with Crippen molar-refractivity contribution in [3.8, 4) is 0 Å². The third kappa shape index (κ3) is 3.69. The molecule has 0 aliphatic heterocycles. The van der Waals surface area contributed by atoms with E-state index >= 15 is 0 Å². The van der Waals surface area contributed by atoms with Gasteiger partial charge in [0, 0.05) is 5.92 Å². The Morgan fingerprint density at radius 2 is 1.92 bits per heavy atom. The van der Waals surface area contributed by atoms with Gasteiger partial charge in [-0.3, -0.25) is 4.79 Å². The van der Waals surface area contributed by atoms with Gasteiger partial charge in [-0.2, -0.15) is 0 Å². The molecule has 0 aromatic carbocycles. The van der Waals surface area contributed by atoms with E-state index in [9.17, 15) is 4.79 Å². The van der Waals surface area contributed by atoms with Gasteiger partial charge in [0.25, 0.3) is 0 Å². The summed E-state index contributed by atoms with van der Waals surface area (Å²) in [5, 5.41) is 19.8. The summed E-state index contributed by atoms with van der Waals surface area (Å²) in [5.74, 6) is -0.184. The van der Waals surface area contributed by atoms with Gasteiger partial charge in [0.2, 0.25) is 5.91 Å². The van der Waals surface area contributed by atoms with Crippen LogP contribution >= 0.6 is 0 Å². The van der Waals surface area contributed by atoms with Crippen LogP contribution in [0.15, 0.2) is 0 Å². The first-order valence-electron chi connectivity index (χ1n) is 4.17. The van der Waals surface area contributed by atoms with Crippen molar-refractivity contribution in [2.45, 2.75) is 26.3 Å². The Balaban J connectivity index is 3.81. The second-order valence-electron chi connectivity index (χ2n) is 2.88. The highest BCUT2D eigenvalue weighted by molar-refractivity contribution is 5.78. The molecule has 0 aliphatic carbocycles. The third-order valence-corrected chi connectivity index (χ3v) is 1.85. The molecule has 4 heteroatoms. The molecule has 0 radical (unpaired) electrons. The van der Waals surface area contributed by atoms with E-state index in [2.05, 4.69) is 5.32 Å². The summed E-state index contributed by atoms with van der Waals surface area (Å²) >= 11 is 0. The molecule has 0 rings (SSSR count). The van der Waals surface area contributed by atoms with E-state index in [4.69, 9.17) is 10.2 Å². The van der Waals surface area contributed by atoms with Crippen molar-refractivity contribution in [1.29, 1.82) is 0 Å². The van der Waals surface area contributed by atoms with Crippen molar-refractivity contribution in [3.05, 3.63) is 0 Å². The molecule has 72 valence electrons. The Morgan fingerprint density at radius 3 is 2.25 bits per heavy atom. The van der Waals surface area contributed by atoms with Crippen LogP contribution in [0, 0.1) is 5.92 Å². The predicted octanol–water partition coefficient (Wildman–Crippen LogP) is -0.498. The average molecular weight is 175 g/mol. The highest BCUT2D eigenvalue weighted by Gasteiger charge is 2.14. The quantitative estimate of drug-likeness (QED) is 0.527. The fourth-order valence-electron chi connectivity index (χ4n) is 0.678. The minimum atomic E-state index is -0.522. The number of hydrogen-bond donors (Lipinski definition) is 3. The van der Waals surface area contributed by atoms with Gasteiger partial charge >= 0.3 is 0 Å². The fraction of sp³-hybridized carbons (Fsp3) is 0.875. The summed E-state index contributed by atoms with van der Waals surface area (Å²) in [6.45, 7) is 3.27. The van der Waals surface area contributed by atoms with E-state index < -0.39 is 6.04 Å². The molecule has 0 fully saturated rings. The summed E-state index contributed by atoms with van der Waals surface area (Å²) < 4.78 is 0. The summed E-state index contributed by atoms with van der Waals surface area (Å²) in [6.07, 6.45) is 0.759. The summed E-state index contributed by atoms with van der Waals surface area (Å²) in [4.78, 5) is 11.2. The van der Waals surface area contributed by atoms with E-state index in [-0.39, 0.29) is 25.0 Å². The molecule has 0 heterocycles. The molecular weight excluding hydrogens is 158 g/mol. The maximum Gasteiger partial charge on any atom is 0.223 e. The second kappa shape index (κ2) is 5.97. The van der Waals surface area contributed by atoms with Gasteiger partial charge in [-0.05, 0) is 6.42 Å². The van der Waals surface area contributed by atoms with Crippen LogP contribution in [0.4, 0.5) is 0 Å². The molecule has 0 spiro atoms. The smallest absolute Gasteiger partial charge is 0.223 e. The van der Waals surface area contributed by atoms with Gasteiger partial charge in [0.05, 0.1) is 19.3 Å². The molecule has 4 nitrogen and oxygen atoms in total. The first-order valence-corrected chi connectivity index (χ1v) is 4.17. The zero-order chi connectivity index (χ0) is 9.56. The van der Waals surface area contributed by atoms with Crippen LogP contribution in [-0.4, -0.2) is 35.4 Å². The Morgan fingerprint density at radius 1 is 1.42 bits per heavy atom. The van der Waals surface area contributed by atoms with Crippen LogP contribution in [-0.2, 0) is 4.79 Å². The molecular formula is C8H17NO3. The van der Waals surface area contributed by atoms with E-state index in [1.807, 2.05) is 6.92 Å². The maximum atomic E-state index is 11.2. The number of hydrogen-bond acceptors (Lipinski definition) is 3. The number of amides is 1. The van der Waals surface area contributed by atoms with Gasteiger partial charge in [0.1, 0.15) is 0 Å². The Bertz CT molecular complexity index is 134. The molecule has 0 aliphatic rings. The van der Waals surface area contributed by atoms with Crippen LogP contribution < -0.4 is 5.32 Å². The lowest BCUT2D eigenvalue weighted by Gasteiger charge is -2.15. The largest absolute Gasteiger partial charge is 0.394 e. The molecule has 1 atom stereocenters. The van der Waals surface area contributed by atoms with Crippen molar-refractivity contribution in [3.63, 3.8) is 0 Å². The van der Waals surface area contributed by atoms with Gasteiger partial charge in [-0.15, -0.1) is 0 Å². The molecule has 0 saturated heterocycles. The number of nitrogens with one attached hydrogen (secondary N) is 1. The lowest BCUT2D eigenvalue weighted by Crippen LogP contribution is -2.42. The number of aliphatic hydroxyl groups excluding tert-OH is 2. The van der Waals surface area contributed by atoms with E-state index in [0.29, 0.717) is 0 Å². The van der Waals surface area contributed by atoms with Gasteiger partial charge in [-0.1, -0.05) is 13.8 Å². The van der Waals surface area contributed by atoms with Crippen LogP contribution in [0.1, 0.15) is 20.3 Å². The second-order valence-corrected chi connectivity index (χ2v) is 2.88. The summed E-state index contributed by atoms with van der Waals surface area (Å²) in [6, 6.07) is -0.522. The molecule has 12 heavy (non-hydrogen) atoms. The first kappa shape index (κ1) is 11.4. The number of rotatable bonds is 5. The zero-order valence-electron chi connectivity index (χ0n) is 7.58. The summed E-state index contributed by atoms with van der Waals surface area (Å²) in [5.41, 5.74) is 0. The zero-order valence-corrected chi connectivity index (χ0v) is 7.58. The van der Waals surface area contributed by atoms with Crippen LogP contribution in [0.5, 0.6) is 0 Å². The van der Waals surface area contributed by atoms with Crippen molar-refractivity contribution in [2.24, 2.45) is 5.92 Å². The monoisotopic (exact) mass is 175 g/mol. The summed E-state index contributed by atoms with van der Waals surface area (Å²) in [7, 11) is 0. The minimum absolute atomic E-state index is 0.0643. The lowest BCUT2D eigenvalue weighted by molar-refractivity contribution is -0.125. The highest BCUT2D eigenvalue weighted by atomic mass is 16.3. The Labute approximate surface area is 72.6 Å². The highest BCUT2D eigenvalue weighted by Crippen LogP contribution is 2.00. The normalized spacial score (nSPS) is 13.1. The van der Waals surface area contributed by atoms with Crippen molar-refractivity contribution >= 4 is 5.91 Å². The fourth-order valence-corrected chi connectivity index (χ4v) is 0.678. The molecule has 0 saturated carbocycles. The molecule has 3 N–H and O–H groups in total. The van der Waals surface area contributed by atoms with Gasteiger partial charge in [-0.25, -0.2) is 0 Å². The number of carbonyl (C=O) groups is 1. The van der Waals surface area contributed by atoms with E-state index in [1.165, 1.54) is 0 Å². The molecule has 0 aromatic heterocycles. The SMILES string of the molecule is CCC(C)C(=O)NC(CO)CO. The predicted molar refractivity (Wildman–Crippen MR) is 45.6 cm³/mol. The topological polar surface area (TPSA) is 69.6 Å². The van der Waals surface area contributed by atoms with Crippen LogP contribution in [0.3, 0.4) is 0 Å². The Hall–Kier alpha value is -0.610. The van der Waals surface area contributed by atoms with Crippen molar-refractivity contribution in [1.82, 2.24) is 5.32 Å². The van der Waals surface area contributed by atoms with Gasteiger partial charge in [0.15, 0.2) is 0 Å². The molecule has 0 bridgehead atoms. The van der Waals surface area contributed by atoms with Gasteiger partial charge < -0.3 is 15.5 Å². The minimum Gasteiger partial charge on any atom is -0.394 e. The average Bonchev–Trinajstić information content (AvgIpc) is 2.12. The molecule has 1 unspecified atom stereocenters. The molecule has 1 amide bonds. The van der Waals surface area contributed by atoms with Crippen LogP contribution in [0.2, 0.25) is 0 Å². The number of aliphatic hydroxyl groups is 2. The lowest BCUT2D eigenvalue weighted by atomic mass is 10.1. The van der Waals surface area contributed by atoms with Crippen molar-refractivity contribution < 1.29 is 15.0 Å². The van der Waals surface area contributed by atoms with E-state index in [1.54, 1.807) is 6.92 Å². The van der Waals surface area contributed by atoms with Crippen LogP contribution in [0.25, 0.3) is 0 Å². The van der Waals surface area contributed by atoms with E-state index in [0.717, 1.165) is 6.42 Å². The number of carbonyl (C=O) groups excluding carboxylic acids is 1. The maximum absolute atomic E-state index is 11.2. The van der Waals surface area contributed by atoms with Crippen molar-refractivity contribution in [2.75, 3.05) is 13.2 Å².